The quantitative estimate of drug-likeness (QED) is 0.748. The van der Waals surface area contributed by atoms with E-state index in [1.54, 1.807) is 18.2 Å². The lowest BCUT2D eigenvalue weighted by Gasteiger charge is -2.17. The third kappa shape index (κ3) is 2.89. The van der Waals surface area contributed by atoms with Crippen LogP contribution in [0.25, 0.3) is 0 Å². The van der Waals surface area contributed by atoms with E-state index in [4.69, 9.17) is 0 Å². The van der Waals surface area contributed by atoms with E-state index in [0.717, 1.165) is 24.1 Å². The zero-order chi connectivity index (χ0) is 10.9. The number of benzene rings is 1. The van der Waals surface area contributed by atoms with E-state index in [1.807, 2.05) is 0 Å². The van der Waals surface area contributed by atoms with E-state index in [9.17, 15) is 13.2 Å². The summed E-state index contributed by atoms with van der Waals surface area (Å²) in [5, 5.41) is 3.14. The minimum Gasteiger partial charge on any atom is -0.312 e. The number of alkyl halides is 3. The van der Waals surface area contributed by atoms with Gasteiger partial charge in [0.05, 0.1) is 0 Å². The number of halogens is 3. The van der Waals surface area contributed by atoms with Gasteiger partial charge in [0, 0.05) is 11.4 Å². The summed E-state index contributed by atoms with van der Waals surface area (Å²) in [6, 6.07) is 4.96. The molecule has 0 bridgehead atoms. The summed E-state index contributed by atoms with van der Waals surface area (Å²) in [4.78, 5) is 0.268. The number of thioether (sulfide) groups is 1. The third-order valence-corrected chi connectivity index (χ3v) is 3.02. The molecule has 0 saturated heterocycles. The van der Waals surface area contributed by atoms with Crippen molar-refractivity contribution in [3.63, 3.8) is 0 Å². The molecule has 1 N–H and O–H groups in total. The van der Waals surface area contributed by atoms with Crippen LogP contribution in [0.1, 0.15) is 11.1 Å². The van der Waals surface area contributed by atoms with Gasteiger partial charge in [-0.25, -0.2) is 0 Å². The highest BCUT2D eigenvalue weighted by Crippen LogP contribution is 2.37. The molecule has 0 spiro atoms. The Morgan fingerprint density at radius 2 is 2.00 bits per heavy atom. The minimum absolute atomic E-state index is 0.0542. The Bertz CT molecular complexity index is 362. The molecule has 15 heavy (non-hydrogen) atoms. The van der Waals surface area contributed by atoms with Crippen molar-refractivity contribution in [2.75, 3.05) is 6.54 Å². The molecule has 0 atom stereocenters. The summed E-state index contributed by atoms with van der Waals surface area (Å²) in [6.45, 7) is 1.57. The zero-order valence-electron chi connectivity index (χ0n) is 7.90. The fraction of sp³-hybridized carbons (Fsp3) is 0.400. The maximum atomic E-state index is 12.1. The van der Waals surface area contributed by atoms with Gasteiger partial charge in [0.1, 0.15) is 0 Å². The van der Waals surface area contributed by atoms with Crippen molar-refractivity contribution in [2.45, 2.75) is 23.4 Å². The number of fused-ring (bicyclic) bond motifs is 1. The molecule has 5 heteroatoms. The van der Waals surface area contributed by atoms with Gasteiger partial charge in [-0.1, -0.05) is 6.07 Å². The predicted octanol–water partition coefficient (Wildman–Crippen LogP) is 2.94. The first kappa shape index (κ1) is 10.8. The summed E-state index contributed by atoms with van der Waals surface area (Å²) >= 11 is -0.0542. The van der Waals surface area contributed by atoms with Gasteiger partial charge >= 0.3 is 5.51 Å². The fourth-order valence-corrected chi connectivity index (χ4v) is 2.26. The Balaban J connectivity index is 2.21. The minimum atomic E-state index is -4.20. The van der Waals surface area contributed by atoms with Gasteiger partial charge in [0.25, 0.3) is 0 Å². The number of hydrogen-bond donors (Lipinski definition) is 1. The first-order chi connectivity index (χ1) is 7.04. The molecule has 82 valence electrons. The highest BCUT2D eigenvalue weighted by atomic mass is 32.2. The second-order valence-electron chi connectivity index (χ2n) is 3.41. The van der Waals surface area contributed by atoms with Crippen LogP contribution in [0.15, 0.2) is 23.1 Å². The topological polar surface area (TPSA) is 12.0 Å². The van der Waals surface area contributed by atoms with Gasteiger partial charge in [-0.15, -0.1) is 0 Å². The lowest BCUT2D eigenvalue weighted by atomic mass is 10.0. The Labute approximate surface area is 90.1 Å². The average Bonchev–Trinajstić information content (AvgIpc) is 2.15. The summed E-state index contributed by atoms with van der Waals surface area (Å²) in [5.41, 5.74) is -2.06. The van der Waals surface area contributed by atoms with Gasteiger partial charge in [0.15, 0.2) is 0 Å². The standard InChI is InChI=1S/C10H10F3NS/c11-10(12,13)15-9-2-1-7-3-4-14-6-8(7)5-9/h1-2,5,14H,3-4,6H2. The molecule has 0 fully saturated rings. The zero-order valence-corrected chi connectivity index (χ0v) is 8.71. The molecule has 0 aromatic heterocycles. The van der Waals surface area contributed by atoms with Crippen LogP contribution in [0.3, 0.4) is 0 Å². The number of rotatable bonds is 1. The van der Waals surface area contributed by atoms with Crippen molar-refractivity contribution in [3.8, 4) is 0 Å². The lowest BCUT2D eigenvalue weighted by Crippen LogP contribution is -2.23. The van der Waals surface area contributed by atoms with Crippen LogP contribution in [0.4, 0.5) is 13.2 Å². The van der Waals surface area contributed by atoms with Crippen molar-refractivity contribution in [1.82, 2.24) is 5.32 Å². The SMILES string of the molecule is FC(F)(F)Sc1ccc2c(c1)CNCC2. The Morgan fingerprint density at radius 3 is 2.73 bits per heavy atom. The van der Waals surface area contributed by atoms with Crippen molar-refractivity contribution in [1.29, 1.82) is 0 Å². The molecule has 0 aliphatic carbocycles. The maximum absolute atomic E-state index is 12.1. The van der Waals surface area contributed by atoms with E-state index in [-0.39, 0.29) is 16.7 Å². The second-order valence-corrected chi connectivity index (χ2v) is 4.54. The van der Waals surface area contributed by atoms with E-state index in [1.165, 1.54) is 0 Å². The van der Waals surface area contributed by atoms with Crippen molar-refractivity contribution >= 4 is 11.8 Å². The molecule has 1 heterocycles. The molecule has 1 nitrogen and oxygen atoms in total. The summed E-state index contributed by atoms with van der Waals surface area (Å²) < 4.78 is 36.4. The van der Waals surface area contributed by atoms with Crippen LogP contribution in [0.5, 0.6) is 0 Å². The molecule has 1 aliphatic heterocycles. The van der Waals surface area contributed by atoms with E-state index < -0.39 is 5.51 Å². The Hall–Kier alpha value is -0.680. The smallest absolute Gasteiger partial charge is 0.312 e. The molecular weight excluding hydrogens is 223 g/mol. The Morgan fingerprint density at radius 1 is 1.20 bits per heavy atom. The first-order valence-electron chi connectivity index (χ1n) is 4.63. The van der Waals surface area contributed by atoms with Crippen molar-refractivity contribution in [3.05, 3.63) is 29.3 Å². The molecule has 1 aromatic rings. The van der Waals surface area contributed by atoms with Crippen molar-refractivity contribution < 1.29 is 13.2 Å². The molecule has 2 rings (SSSR count). The maximum Gasteiger partial charge on any atom is 0.446 e. The number of hydrogen-bond acceptors (Lipinski definition) is 2. The molecule has 0 unspecified atom stereocenters. The molecule has 0 saturated carbocycles. The van der Waals surface area contributed by atoms with Crippen LogP contribution < -0.4 is 5.32 Å². The molecule has 1 aromatic carbocycles. The van der Waals surface area contributed by atoms with Crippen LogP contribution in [0, 0.1) is 0 Å². The normalized spacial score (nSPS) is 16.2. The monoisotopic (exact) mass is 233 g/mol. The molecule has 0 amide bonds. The van der Waals surface area contributed by atoms with Crippen LogP contribution in [0.2, 0.25) is 0 Å². The van der Waals surface area contributed by atoms with Crippen LogP contribution in [-0.2, 0) is 13.0 Å². The lowest BCUT2D eigenvalue weighted by molar-refractivity contribution is -0.0328. The van der Waals surface area contributed by atoms with E-state index in [0.29, 0.717) is 6.54 Å². The fourth-order valence-electron chi connectivity index (χ4n) is 1.65. The summed E-state index contributed by atoms with van der Waals surface area (Å²) in [5.74, 6) is 0. The molecule has 1 aliphatic rings. The van der Waals surface area contributed by atoms with Gasteiger partial charge in [0.2, 0.25) is 0 Å². The summed E-state index contributed by atoms with van der Waals surface area (Å²) in [6.07, 6.45) is 0.895. The largest absolute Gasteiger partial charge is 0.446 e. The van der Waals surface area contributed by atoms with Gasteiger partial charge in [-0.3, -0.25) is 0 Å². The highest BCUT2D eigenvalue weighted by molar-refractivity contribution is 8.00. The highest BCUT2D eigenvalue weighted by Gasteiger charge is 2.29. The molecule has 0 radical (unpaired) electrons. The Kier molecular flexibility index (Phi) is 2.93. The van der Waals surface area contributed by atoms with Crippen LogP contribution >= 0.6 is 11.8 Å². The third-order valence-electron chi connectivity index (χ3n) is 2.30. The van der Waals surface area contributed by atoms with Gasteiger partial charge in [-0.2, -0.15) is 13.2 Å². The van der Waals surface area contributed by atoms with Crippen molar-refractivity contribution in [2.24, 2.45) is 0 Å². The first-order valence-corrected chi connectivity index (χ1v) is 5.44. The molecular formula is C10H10F3NS. The summed E-state index contributed by atoms with van der Waals surface area (Å²) in [7, 11) is 0. The number of nitrogens with one attached hydrogen (secondary N) is 1. The predicted molar refractivity (Wildman–Crippen MR) is 53.8 cm³/mol. The van der Waals surface area contributed by atoms with Crippen LogP contribution in [-0.4, -0.2) is 12.1 Å². The average molecular weight is 233 g/mol. The van der Waals surface area contributed by atoms with Gasteiger partial charge in [-0.05, 0) is 48.0 Å². The van der Waals surface area contributed by atoms with Gasteiger partial charge < -0.3 is 5.32 Å². The van der Waals surface area contributed by atoms with E-state index >= 15 is 0 Å². The van der Waals surface area contributed by atoms with E-state index in [2.05, 4.69) is 5.32 Å². The second kappa shape index (κ2) is 4.06.